The quantitative estimate of drug-likeness (QED) is 0.304. The molecule has 6 rings (SSSR count). The first-order valence-electron chi connectivity index (χ1n) is 15.7. The second kappa shape index (κ2) is 13.4. The first-order valence-corrected chi connectivity index (χ1v) is 15.7. The number of piperidine rings is 1. The summed E-state index contributed by atoms with van der Waals surface area (Å²) in [5.74, 6) is 0.504. The summed E-state index contributed by atoms with van der Waals surface area (Å²) >= 11 is 0. The van der Waals surface area contributed by atoms with Crippen LogP contribution >= 0.6 is 0 Å². The fourth-order valence-electron chi connectivity index (χ4n) is 6.26. The molecule has 2 aliphatic heterocycles. The lowest BCUT2D eigenvalue weighted by Gasteiger charge is -2.36. The molecule has 0 radical (unpaired) electrons. The van der Waals surface area contributed by atoms with E-state index < -0.39 is 6.10 Å². The summed E-state index contributed by atoms with van der Waals surface area (Å²) in [6, 6.07) is 8.74. The van der Waals surface area contributed by atoms with Crippen molar-refractivity contribution in [3.8, 4) is 28.3 Å². The van der Waals surface area contributed by atoms with Crippen LogP contribution in [0.1, 0.15) is 38.3 Å². The number of amides is 1. The summed E-state index contributed by atoms with van der Waals surface area (Å²) in [6.07, 6.45) is 10.5. The van der Waals surface area contributed by atoms with E-state index in [9.17, 15) is 15.2 Å². The highest BCUT2D eigenvalue weighted by atomic mass is 16.5. The molecule has 6 heterocycles. The van der Waals surface area contributed by atoms with Crippen LogP contribution in [0.4, 0.5) is 5.82 Å². The summed E-state index contributed by atoms with van der Waals surface area (Å²) in [4.78, 5) is 23.7. The molecular formula is C33H41N9O3. The van der Waals surface area contributed by atoms with E-state index >= 15 is 0 Å². The topological polar surface area (TPSA) is 128 Å². The SMILES string of the molecule is COCCN1CCC(n2cc(-c3cc(-c4ccc(N5CCN(C(=O)C(O)C(C)C)CC5)nc4)c4c(C#N)cnn4c3)cn2)CC1. The average Bonchev–Trinajstić information content (AvgIpc) is 3.74. The Bertz CT molecular complexity index is 1660. The number of fused-ring (bicyclic) bond motifs is 1. The van der Waals surface area contributed by atoms with Gasteiger partial charge in [-0.15, -0.1) is 0 Å². The van der Waals surface area contributed by atoms with Crippen LogP contribution in [0, 0.1) is 17.2 Å². The first-order chi connectivity index (χ1) is 21.9. The highest BCUT2D eigenvalue weighted by molar-refractivity contribution is 5.87. The van der Waals surface area contributed by atoms with Crippen LogP contribution in [0.15, 0.2) is 49.2 Å². The van der Waals surface area contributed by atoms with Crippen LogP contribution in [0.25, 0.3) is 27.8 Å². The Morgan fingerprint density at radius 1 is 1.02 bits per heavy atom. The molecule has 1 N–H and O–H groups in total. The Hall–Kier alpha value is -4.31. The lowest BCUT2D eigenvalue weighted by Crippen LogP contribution is -2.52. The summed E-state index contributed by atoms with van der Waals surface area (Å²) in [6.45, 7) is 9.82. The van der Waals surface area contributed by atoms with Gasteiger partial charge in [-0.25, -0.2) is 9.50 Å². The highest BCUT2D eigenvalue weighted by Gasteiger charge is 2.28. The molecule has 1 atom stereocenters. The predicted octanol–water partition coefficient (Wildman–Crippen LogP) is 3.08. The van der Waals surface area contributed by atoms with E-state index in [0.717, 1.165) is 72.7 Å². The van der Waals surface area contributed by atoms with Crippen molar-refractivity contribution in [2.45, 2.75) is 38.8 Å². The molecule has 0 spiro atoms. The number of ether oxygens (including phenoxy) is 1. The summed E-state index contributed by atoms with van der Waals surface area (Å²) < 4.78 is 9.09. The summed E-state index contributed by atoms with van der Waals surface area (Å²) in [7, 11) is 1.74. The summed E-state index contributed by atoms with van der Waals surface area (Å²) in [5.41, 5.74) is 4.95. The minimum absolute atomic E-state index is 0.113. The van der Waals surface area contributed by atoms with Crippen molar-refractivity contribution in [3.63, 3.8) is 0 Å². The Labute approximate surface area is 263 Å². The monoisotopic (exact) mass is 611 g/mol. The van der Waals surface area contributed by atoms with Crippen molar-refractivity contribution in [3.05, 3.63) is 54.7 Å². The number of aliphatic hydroxyl groups excluding tert-OH is 1. The number of anilines is 1. The number of carbonyl (C=O) groups is 1. The lowest BCUT2D eigenvalue weighted by molar-refractivity contribution is -0.142. The fourth-order valence-corrected chi connectivity index (χ4v) is 6.26. The van der Waals surface area contributed by atoms with Gasteiger partial charge < -0.3 is 24.5 Å². The van der Waals surface area contributed by atoms with Crippen molar-refractivity contribution in [1.82, 2.24) is 34.2 Å². The zero-order valence-electron chi connectivity index (χ0n) is 26.2. The van der Waals surface area contributed by atoms with Crippen molar-refractivity contribution in [2.75, 3.05) is 64.4 Å². The second-order valence-electron chi connectivity index (χ2n) is 12.3. The number of carbonyl (C=O) groups excluding carboxylic acids is 1. The van der Waals surface area contributed by atoms with Gasteiger partial charge in [0.25, 0.3) is 5.91 Å². The molecule has 12 heteroatoms. The molecule has 0 aliphatic carbocycles. The van der Waals surface area contributed by atoms with Crippen LogP contribution < -0.4 is 4.90 Å². The van der Waals surface area contributed by atoms with Gasteiger partial charge >= 0.3 is 0 Å². The van der Waals surface area contributed by atoms with Crippen molar-refractivity contribution >= 4 is 17.2 Å². The Balaban J connectivity index is 1.21. The minimum atomic E-state index is -0.970. The van der Waals surface area contributed by atoms with E-state index in [-0.39, 0.29) is 11.8 Å². The maximum Gasteiger partial charge on any atom is 0.251 e. The number of pyridine rings is 2. The fraction of sp³-hybridized carbons (Fsp3) is 0.485. The van der Waals surface area contributed by atoms with Gasteiger partial charge in [0.05, 0.1) is 36.1 Å². The molecule has 2 saturated heterocycles. The van der Waals surface area contributed by atoms with E-state index in [1.807, 2.05) is 44.6 Å². The van der Waals surface area contributed by atoms with Crippen LogP contribution in [-0.4, -0.2) is 111 Å². The molecule has 4 aromatic heterocycles. The number of hydrogen-bond donors (Lipinski definition) is 1. The Morgan fingerprint density at radius 2 is 1.80 bits per heavy atom. The van der Waals surface area contributed by atoms with Crippen molar-refractivity contribution in [1.29, 1.82) is 5.26 Å². The Morgan fingerprint density at radius 3 is 2.47 bits per heavy atom. The molecule has 45 heavy (non-hydrogen) atoms. The van der Waals surface area contributed by atoms with Gasteiger partial charge in [0.1, 0.15) is 18.0 Å². The molecule has 0 saturated carbocycles. The zero-order valence-corrected chi connectivity index (χ0v) is 26.2. The molecular weight excluding hydrogens is 570 g/mol. The van der Waals surface area contributed by atoms with Gasteiger partial charge in [-0.3, -0.25) is 9.48 Å². The van der Waals surface area contributed by atoms with Gasteiger partial charge in [0.2, 0.25) is 0 Å². The van der Waals surface area contributed by atoms with E-state index in [1.54, 1.807) is 22.7 Å². The number of piperazine rings is 1. The summed E-state index contributed by atoms with van der Waals surface area (Å²) in [5, 5.41) is 29.3. The van der Waals surface area contributed by atoms with Gasteiger partial charge in [-0.1, -0.05) is 13.8 Å². The molecule has 0 aromatic carbocycles. The number of nitriles is 1. The van der Waals surface area contributed by atoms with Gasteiger partial charge in [-0.2, -0.15) is 15.5 Å². The second-order valence-corrected chi connectivity index (χ2v) is 12.3. The van der Waals surface area contributed by atoms with E-state index in [0.29, 0.717) is 37.8 Å². The normalized spacial score (nSPS) is 17.2. The van der Waals surface area contributed by atoms with Crippen LogP contribution in [0.5, 0.6) is 0 Å². The molecule has 4 aromatic rings. The average molecular weight is 612 g/mol. The van der Waals surface area contributed by atoms with E-state index in [2.05, 4.69) is 37.9 Å². The maximum atomic E-state index is 12.6. The van der Waals surface area contributed by atoms with Crippen molar-refractivity contribution < 1.29 is 14.6 Å². The number of rotatable bonds is 9. The van der Waals surface area contributed by atoms with Gasteiger partial charge in [0.15, 0.2) is 0 Å². The van der Waals surface area contributed by atoms with Gasteiger partial charge in [-0.05, 0) is 37.0 Å². The zero-order chi connectivity index (χ0) is 31.5. The molecule has 2 aliphatic rings. The number of aliphatic hydroxyl groups is 1. The number of aromatic nitrogens is 5. The third-order valence-corrected chi connectivity index (χ3v) is 9.07. The molecule has 12 nitrogen and oxygen atoms in total. The third kappa shape index (κ3) is 6.42. The number of nitrogens with zero attached hydrogens (tertiary/aromatic N) is 9. The number of hydrogen-bond acceptors (Lipinski definition) is 9. The highest BCUT2D eigenvalue weighted by Crippen LogP contribution is 2.33. The van der Waals surface area contributed by atoms with Crippen LogP contribution in [-0.2, 0) is 9.53 Å². The largest absolute Gasteiger partial charge is 0.383 e. The predicted molar refractivity (Wildman–Crippen MR) is 171 cm³/mol. The Kier molecular flexibility index (Phi) is 9.11. The van der Waals surface area contributed by atoms with Crippen LogP contribution in [0.3, 0.4) is 0 Å². The van der Waals surface area contributed by atoms with E-state index in [4.69, 9.17) is 14.8 Å². The molecule has 0 bridgehead atoms. The van der Waals surface area contributed by atoms with Crippen molar-refractivity contribution in [2.24, 2.45) is 5.92 Å². The number of methoxy groups -OCH3 is 1. The molecule has 236 valence electrons. The molecule has 1 unspecified atom stereocenters. The maximum absolute atomic E-state index is 12.6. The molecule has 1 amide bonds. The molecule has 2 fully saturated rings. The van der Waals surface area contributed by atoms with Crippen LogP contribution in [0.2, 0.25) is 0 Å². The van der Waals surface area contributed by atoms with Gasteiger partial charge in [0, 0.05) is 93.8 Å². The standard InChI is InChI=1S/C33H41N9O3/c1-23(2)32(43)33(44)40-12-10-39(11-13-40)30-5-4-24(18-35-30)29-16-25(21-42-31(29)26(17-34)19-37-42)27-20-36-41(22-27)28-6-8-38(9-7-28)14-15-45-3/h4-5,16,18-23,28,32,43H,6-15H2,1-3H3. The minimum Gasteiger partial charge on any atom is -0.383 e. The smallest absolute Gasteiger partial charge is 0.251 e. The first kappa shape index (κ1) is 30.7. The third-order valence-electron chi connectivity index (χ3n) is 9.07. The number of likely N-dealkylation sites (tertiary alicyclic amines) is 1. The lowest BCUT2D eigenvalue weighted by atomic mass is 10.0. The van der Waals surface area contributed by atoms with E-state index in [1.165, 1.54) is 0 Å².